The smallest absolute Gasteiger partial charge is 0.253 e. The second-order valence-corrected chi connectivity index (χ2v) is 22.1. The van der Waals surface area contributed by atoms with Gasteiger partial charge in [-0.1, -0.05) is 49.0 Å². The van der Waals surface area contributed by atoms with Crippen molar-refractivity contribution in [3.05, 3.63) is 95.6 Å². The molecule has 6 aliphatic rings. The number of benzene rings is 2. The van der Waals surface area contributed by atoms with E-state index in [0.29, 0.717) is 91.1 Å². The van der Waals surface area contributed by atoms with Gasteiger partial charge in [0.15, 0.2) is 29.1 Å². The summed E-state index contributed by atoms with van der Waals surface area (Å²) in [5.74, 6) is -3.53. The lowest BCUT2D eigenvalue weighted by molar-refractivity contribution is -0.235. The van der Waals surface area contributed by atoms with Crippen LogP contribution in [0.5, 0.6) is 0 Å². The molecule has 2 aromatic carbocycles. The first-order valence-corrected chi connectivity index (χ1v) is 27.7. The van der Waals surface area contributed by atoms with Gasteiger partial charge in [0, 0.05) is 83.1 Å². The quantitative estimate of drug-likeness (QED) is 0.0658. The number of ketones is 4. The summed E-state index contributed by atoms with van der Waals surface area (Å²) in [6.45, 7) is 7.10. The number of carbonyl (C=O) groups excluding carboxylic acids is 6. The Bertz CT molecular complexity index is 2560. The molecular weight excluding hydrogens is 1040 g/mol. The predicted molar refractivity (Wildman–Crippen MR) is 278 cm³/mol. The van der Waals surface area contributed by atoms with E-state index < -0.39 is 76.8 Å². The van der Waals surface area contributed by atoms with Gasteiger partial charge in [-0.3, -0.25) is 33.7 Å². The van der Waals surface area contributed by atoms with Crippen molar-refractivity contribution in [1.82, 2.24) is 4.90 Å². The summed E-state index contributed by atoms with van der Waals surface area (Å²) >= 11 is 1.50. The van der Waals surface area contributed by atoms with E-state index in [1.54, 1.807) is 6.92 Å². The molecule has 424 valence electrons. The van der Waals surface area contributed by atoms with Gasteiger partial charge in [0.05, 0.1) is 84.9 Å². The van der Waals surface area contributed by atoms with Crippen molar-refractivity contribution in [2.75, 3.05) is 92.4 Å². The molecule has 2 aromatic rings. The third-order valence-electron chi connectivity index (χ3n) is 16.3. The number of alkyl halides is 2. The van der Waals surface area contributed by atoms with Gasteiger partial charge in [0.1, 0.15) is 24.3 Å². The molecule has 4 fully saturated rings. The van der Waals surface area contributed by atoms with Crippen LogP contribution in [0.15, 0.2) is 94.3 Å². The van der Waals surface area contributed by atoms with Gasteiger partial charge in [-0.15, -0.1) is 0 Å². The van der Waals surface area contributed by atoms with E-state index in [-0.39, 0.29) is 80.6 Å². The molecule has 2 N–H and O–H groups in total. The highest BCUT2D eigenvalue weighted by Crippen LogP contribution is 2.72. The number of nitrogens with zero attached hydrogens (tertiary/aromatic N) is 1. The van der Waals surface area contributed by atoms with Crippen LogP contribution >= 0.6 is 11.8 Å². The number of hydrogen-bond acceptors (Lipinski definition) is 17. The monoisotopic (exact) mass is 1110 g/mol. The molecule has 17 nitrogen and oxygen atoms in total. The first-order chi connectivity index (χ1) is 37.5. The molecule has 0 unspecified atom stereocenters. The maximum absolute atomic E-state index is 17.8. The molecular formula is C58H71F2NO16S. The molecule has 0 bridgehead atoms. The highest BCUT2D eigenvalue weighted by molar-refractivity contribution is 7.99. The normalized spacial score (nSPS) is 29.8. The van der Waals surface area contributed by atoms with Crippen LogP contribution in [0, 0.1) is 22.7 Å². The Morgan fingerprint density at radius 3 is 1.99 bits per heavy atom. The zero-order valence-electron chi connectivity index (χ0n) is 44.2. The lowest BCUT2D eigenvalue weighted by Crippen LogP contribution is -2.70. The zero-order valence-corrected chi connectivity index (χ0v) is 45.1. The fourth-order valence-electron chi connectivity index (χ4n) is 12.4. The number of ether oxygens (including phenoxy) is 8. The van der Waals surface area contributed by atoms with Crippen molar-refractivity contribution in [2.24, 2.45) is 22.7 Å². The number of Topliss-reactive ketones (excluding diaryl/α,β-unsaturated/α-hetero) is 3. The maximum Gasteiger partial charge on any atom is 0.253 e. The van der Waals surface area contributed by atoms with E-state index in [4.69, 9.17) is 37.9 Å². The van der Waals surface area contributed by atoms with Crippen molar-refractivity contribution in [3.8, 4) is 0 Å². The van der Waals surface area contributed by atoms with Crippen LogP contribution in [0.25, 0.3) is 0 Å². The Labute approximate surface area is 457 Å². The molecule has 0 radical (unpaired) electrons. The standard InChI is InChI=1S/C58H71F2NO16S/c1-55-17-14-41(64)33-47(55)48(59)34-46-45-35-51-58(50(67)37-62,56(45,2)36-49(66)57(46,55)60)77-54(76-51)39-8-10-43(11-9-39)78-44-7-3-5-38(32-44)31-42(65)16-20-71-22-24-73-26-28-75-30-29-74-27-25-72-23-21-70-19-4-6-40(63)15-18-61-52(68)12-13-53(61)69/h3,5,7-14,17,32-33,45-46,48-49,51,54,62,66H,4,6,15-16,18-31,34-37H2,1-2H3/t45-,46-,48-,49-,51+,54+,55-,56-,57-,58+/m0/s1. The fraction of sp³-hybridized carbons (Fsp3) is 0.586. The summed E-state index contributed by atoms with van der Waals surface area (Å²) in [6.07, 6.45) is 2.11. The number of imide groups is 1. The van der Waals surface area contributed by atoms with E-state index in [9.17, 15) is 39.0 Å². The zero-order chi connectivity index (χ0) is 55.5. The number of carbonyl (C=O) groups is 6. The minimum absolute atomic E-state index is 0.0129. The Balaban J connectivity index is 0.663. The lowest BCUT2D eigenvalue weighted by atomic mass is 9.44. The van der Waals surface area contributed by atoms with Crippen molar-refractivity contribution in [1.29, 1.82) is 0 Å². The van der Waals surface area contributed by atoms with Crippen LogP contribution in [-0.2, 0) is 73.1 Å². The molecule has 0 spiro atoms. The molecule has 2 amide bonds. The summed E-state index contributed by atoms with van der Waals surface area (Å²) in [7, 11) is 0. The molecule has 4 aliphatic carbocycles. The topological polar surface area (TPSA) is 220 Å². The Kier molecular flexibility index (Phi) is 20.3. The Morgan fingerprint density at radius 1 is 0.744 bits per heavy atom. The maximum atomic E-state index is 17.8. The number of aliphatic hydroxyl groups is 2. The van der Waals surface area contributed by atoms with E-state index in [2.05, 4.69) is 0 Å². The molecule has 1 saturated heterocycles. The molecule has 0 aromatic heterocycles. The third-order valence-corrected chi connectivity index (χ3v) is 17.3. The summed E-state index contributed by atoms with van der Waals surface area (Å²) < 4.78 is 80.1. The lowest BCUT2D eigenvalue weighted by Gasteiger charge is -2.63. The average molecular weight is 1110 g/mol. The van der Waals surface area contributed by atoms with Crippen LogP contribution < -0.4 is 0 Å². The van der Waals surface area contributed by atoms with E-state index in [0.717, 1.165) is 26.3 Å². The first kappa shape index (κ1) is 59.4. The van der Waals surface area contributed by atoms with E-state index in [1.165, 1.54) is 43.0 Å². The molecule has 78 heavy (non-hydrogen) atoms. The molecule has 20 heteroatoms. The average Bonchev–Trinajstić information content (AvgIpc) is 4.07. The highest BCUT2D eigenvalue weighted by Gasteiger charge is 2.80. The molecule has 8 rings (SSSR count). The Morgan fingerprint density at radius 2 is 1.36 bits per heavy atom. The van der Waals surface area contributed by atoms with Crippen molar-refractivity contribution < 1.29 is 85.7 Å². The second kappa shape index (κ2) is 26.7. The summed E-state index contributed by atoms with van der Waals surface area (Å²) in [4.78, 5) is 77.0. The summed E-state index contributed by atoms with van der Waals surface area (Å²) in [5.41, 5.74) is -5.39. The molecule has 10 atom stereocenters. The van der Waals surface area contributed by atoms with Crippen LogP contribution in [0.1, 0.15) is 76.2 Å². The van der Waals surface area contributed by atoms with Gasteiger partial charge in [0.25, 0.3) is 11.8 Å². The SMILES string of the molecule is C[C@]12C=CC(=O)C=C1[C@@H](F)C[C@H]1[C@@H]3C[C@H]4O[C@@H](c5ccc(Sc6cccc(CC(=O)CCOCCOCCOCCOCCOCCOCCCC(=O)CCN7C(=O)C=CC7=O)c6)cc5)O[C@@]4(C(=O)CO)[C@@]3(C)C[C@H](O)[C@@]12F. The van der Waals surface area contributed by atoms with Gasteiger partial charge < -0.3 is 48.1 Å². The highest BCUT2D eigenvalue weighted by atomic mass is 32.2. The minimum Gasteiger partial charge on any atom is -0.390 e. The predicted octanol–water partition coefficient (Wildman–Crippen LogP) is 5.75. The van der Waals surface area contributed by atoms with Crippen LogP contribution in [0.3, 0.4) is 0 Å². The number of aliphatic hydroxyl groups excluding tert-OH is 2. The summed E-state index contributed by atoms with van der Waals surface area (Å²) in [6, 6.07) is 15.2. The van der Waals surface area contributed by atoms with Crippen LogP contribution in [0.2, 0.25) is 0 Å². The number of hydrogen-bond donors (Lipinski definition) is 2. The first-order valence-electron chi connectivity index (χ1n) is 26.9. The largest absolute Gasteiger partial charge is 0.390 e. The van der Waals surface area contributed by atoms with Crippen molar-refractivity contribution >= 4 is 46.7 Å². The van der Waals surface area contributed by atoms with Gasteiger partial charge in [0.2, 0.25) is 0 Å². The number of allylic oxidation sites excluding steroid dienone is 4. The summed E-state index contributed by atoms with van der Waals surface area (Å²) in [5, 5.41) is 22.2. The van der Waals surface area contributed by atoms with Crippen LogP contribution in [0.4, 0.5) is 8.78 Å². The van der Waals surface area contributed by atoms with Crippen LogP contribution in [-0.4, -0.2) is 172 Å². The van der Waals surface area contributed by atoms with E-state index in [1.807, 2.05) is 48.5 Å². The minimum atomic E-state index is -2.34. The second-order valence-electron chi connectivity index (χ2n) is 21.0. The van der Waals surface area contributed by atoms with Crippen molar-refractivity contribution in [2.45, 2.75) is 111 Å². The van der Waals surface area contributed by atoms with Crippen molar-refractivity contribution in [3.63, 3.8) is 0 Å². The van der Waals surface area contributed by atoms with Gasteiger partial charge in [-0.05, 0) is 86.1 Å². The molecule has 2 aliphatic heterocycles. The fourth-order valence-corrected chi connectivity index (χ4v) is 13.3. The number of fused-ring (bicyclic) bond motifs is 7. The van der Waals surface area contributed by atoms with E-state index >= 15 is 8.78 Å². The third kappa shape index (κ3) is 12.9. The number of halogens is 2. The Hall–Kier alpha value is -4.71. The van der Waals surface area contributed by atoms with Gasteiger partial charge in [-0.2, -0.15) is 0 Å². The molecule has 3 saturated carbocycles. The van der Waals surface area contributed by atoms with Gasteiger partial charge in [-0.25, -0.2) is 8.78 Å². The molecule has 2 heterocycles. The van der Waals surface area contributed by atoms with Gasteiger partial charge >= 0.3 is 0 Å². The number of amides is 2. The number of rotatable bonds is 32.